The van der Waals surface area contributed by atoms with E-state index in [1.165, 1.54) is 167 Å². The smallest absolute Gasteiger partial charge is 0.462 e. The third-order valence-electron chi connectivity index (χ3n) is 16.2. The van der Waals surface area contributed by atoms with E-state index in [1.807, 2.05) is 0 Å². The minimum Gasteiger partial charge on any atom is -0.462 e. The van der Waals surface area contributed by atoms with Gasteiger partial charge in [-0.3, -0.25) is 37.3 Å². The van der Waals surface area contributed by atoms with Crippen LogP contribution in [0.25, 0.3) is 0 Å². The van der Waals surface area contributed by atoms with Crippen LogP contribution in [-0.2, 0) is 65.4 Å². The molecule has 3 N–H and O–H groups in total. The number of carbonyl (C=O) groups excluding carboxylic acids is 4. The number of aliphatic hydroxyl groups is 1. The van der Waals surface area contributed by atoms with Gasteiger partial charge < -0.3 is 33.8 Å². The Morgan fingerprint density at radius 1 is 0.303 bits per heavy atom. The van der Waals surface area contributed by atoms with Gasteiger partial charge in [-0.25, -0.2) is 9.13 Å². The maximum Gasteiger partial charge on any atom is 0.472 e. The number of unbranched alkanes of at least 4 members (excludes halogenated alkanes) is 39. The highest BCUT2D eigenvalue weighted by molar-refractivity contribution is 7.47. The first-order valence-electron chi connectivity index (χ1n) is 36.5. The molecule has 0 radical (unpaired) electrons. The lowest BCUT2D eigenvalue weighted by atomic mass is 10.0. The van der Waals surface area contributed by atoms with Crippen LogP contribution >= 0.6 is 15.6 Å². The molecule has 0 saturated heterocycles. The van der Waals surface area contributed by atoms with Crippen LogP contribution in [0.5, 0.6) is 0 Å². The molecule has 0 aliphatic rings. The minimum atomic E-state index is -4.95. The largest absolute Gasteiger partial charge is 0.472 e. The van der Waals surface area contributed by atoms with E-state index in [4.69, 9.17) is 37.0 Å². The average molecular weight is 1310 g/mol. The Morgan fingerprint density at radius 2 is 0.517 bits per heavy atom. The fourth-order valence-corrected chi connectivity index (χ4v) is 12.2. The summed E-state index contributed by atoms with van der Waals surface area (Å²) in [5, 5.41) is 10.6. The summed E-state index contributed by atoms with van der Waals surface area (Å²) in [6.07, 6.45) is 47.4. The molecular formula is C70H136O17P2. The standard InChI is InChI=1S/C70H136O17P2/c1-7-9-11-13-15-17-19-20-21-22-23-24-25-26-30-35-43-49-55-70(75)86-65(58-80-67(72)52-46-40-33-31-27-28-32-38-44-50-62(3)4)60-84-88(76,77)82-56-64(71)57-83-89(78,79)85-61-66(59-81-68(73)53-47-41-37-36-39-45-51-63(5)6)87-69(74)54-48-42-34-29-18-16-14-12-10-8-2/h62-66,71H,7-61H2,1-6H3,(H,76,77)(H,78,79)/t64-,65-,66-/m1/s1. The number of hydrogen-bond donors (Lipinski definition) is 3. The summed E-state index contributed by atoms with van der Waals surface area (Å²) in [5.41, 5.74) is 0. The molecule has 0 bridgehead atoms. The molecule has 0 rings (SSSR count). The zero-order valence-electron chi connectivity index (χ0n) is 57.7. The van der Waals surface area contributed by atoms with Gasteiger partial charge in [0, 0.05) is 25.7 Å². The Balaban J connectivity index is 5.21. The predicted molar refractivity (Wildman–Crippen MR) is 358 cm³/mol. The summed E-state index contributed by atoms with van der Waals surface area (Å²) in [7, 11) is -9.90. The van der Waals surface area contributed by atoms with Crippen molar-refractivity contribution in [1.29, 1.82) is 0 Å². The molecule has 0 amide bonds. The topological polar surface area (TPSA) is 237 Å². The maximum absolute atomic E-state index is 13.0. The number of esters is 4. The van der Waals surface area contributed by atoms with Gasteiger partial charge in [0.1, 0.15) is 19.3 Å². The summed E-state index contributed by atoms with van der Waals surface area (Å²) >= 11 is 0. The molecule has 528 valence electrons. The molecule has 0 fully saturated rings. The van der Waals surface area contributed by atoms with Crippen LogP contribution in [0.4, 0.5) is 0 Å². The van der Waals surface area contributed by atoms with E-state index in [1.54, 1.807) is 0 Å². The van der Waals surface area contributed by atoms with E-state index >= 15 is 0 Å². The van der Waals surface area contributed by atoms with Crippen molar-refractivity contribution < 1.29 is 80.2 Å². The average Bonchev–Trinajstić information content (AvgIpc) is 3.71. The van der Waals surface area contributed by atoms with Crippen molar-refractivity contribution in [3.63, 3.8) is 0 Å². The van der Waals surface area contributed by atoms with Crippen molar-refractivity contribution in [2.45, 2.75) is 374 Å². The number of carbonyl (C=O) groups is 4. The van der Waals surface area contributed by atoms with Gasteiger partial charge in [0.2, 0.25) is 0 Å². The molecule has 17 nitrogen and oxygen atoms in total. The quantitative estimate of drug-likeness (QED) is 0.0222. The molecule has 2 unspecified atom stereocenters. The Bertz CT molecular complexity index is 1730. The van der Waals surface area contributed by atoms with Gasteiger partial charge in [0.05, 0.1) is 26.4 Å². The van der Waals surface area contributed by atoms with E-state index in [-0.39, 0.29) is 25.7 Å². The zero-order chi connectivity index (χ0) is 65.7. The van der Waals surface area contributed by atoms with E-state index in [0.717, 1.165) is 102 Å². The van der Waals surface area contributed by atoms with Gasteiger partial charge in [0.15, 0.2) is 12.2 Å². The van der Waals surface area contributed by atoms with Crippen molar-refractivity contribution in [2.24, 2.45) is 11.8 Å². The van der Waals surface area contributed by atoms with Gasteiger partial charge in [-0.15, -0.1) is 0 Å². The molecule has 0 aromatic rings. The number of aliphatic hydroxyl groups excluding tert-OH is 1. The van der Waals surface area contributed by atoms with Crippen LogP contribution in [0.15, 0.2) is 0 Å². The third kappa shape index (κ3) is 64.6. The highest BCUT2D eigenvalue weighted by Crippen LogP contribution is 2.45. The van der Waals surface area contributed by atoms with Gasteiger partial charge in [0.25, 0.3) is 0 Å². The Labute approximate surface area is 543 Å². The highest BCUT2D eigenvalue weighted by Gasteiger charge is 2.30. The van der Waals surface area contributed by atoms with Crippen LogP contribution < -0.4 is 0 Å². The Morgan fingerprint density at radius 3 is 0.764 bits per heavy atom. The molecule has 19 heteroatoms. The Hall–Kier alpha value is -1.94. The van der Waals surface area contributed by atoms with Crippen LogP contribution in [0, 0.1) is 11.8 Å². The van der Waals surface area contributed by atoms with E-state index in [2.05, 4.69) is 41.5 Å². The fourth-order valence-electron chi connectivity index (χ4n) is 10.6. The van der Waals surface area contributed by atoms with Gasteiger partial charge in [-0.1, -0.05) is 305 Å². The number of ether oxygens (including phenoxy) is 4. The van der Waals surface area contributed by atoms with Crippen molar-refractivity contribution in [3.05, 3.63) is 0 Å². The Kier molecular flexibility index (Phi) is 60.8. The molecular weight excluding hydrogens is 1170 g/mol. The number of rotatable bonds is 69. The number of hydrogen-bond acceptors (Lipinski definition) is 15. The van der Waals surface area contributed by atoms with Gasteiger partial charge in [-0.2, -0.15) is 0 Å². The first kappa shape index (κ1) is 87.1. The first-order chi connectivity index (χ1) is 42.9. The lowest BCUT2D eigenvalue weighted by molar-refractivity contribution is -0.161. The second-order valence-electron chi connectivity index (χ2n) is 26.2. The summed E-state index contributed by atoms with van der Waals surface area (Å²) in [6.45, 7) is 9.44. The summed E-state index contributed by atoms with van der Waals surface area (Å²) in [6, 6.07) is 0. The second-order valence-corrected chi connectivity index (χ2v) is 29.1. The van der Waals surface area contributed by atoms with Crippen LogP contribution in [-0.4, -0.2) is 96.7 Å². The van der Waals surface area contributed by atoms with E-state index < -0.39 is 97.5 Å². The molecule has 0 aliphatic carbocycles. The van der Waals surface area contributed by atoms with Crippen molar-refractivity contribution in [2.75, 3.05) is 39.6 Å². The fraction of sp³-hybridized carbons (Fsp3) is 0.943. The van der Waals surface area contributed by atoms with Gasteiger partial charge in [-0.05, 0) is 37.5 Å². The zero-order valence-corrected chi connectivity index (χ0v) is 59.5. The molecule has 89 heavy (non-hydrogen) atoms. The molecule has 0 heterocycles. The van der Waals surface area contributed by atoms with Gasteiger partial charge >= 0.3 is 39.5 Å². The van der Waals surface area contributed by atoms with Crippen LogP contribution in [0.2, 0.25) is 0 Å². The molecule has 5 atom stereocenters. The van der Waals surface area contributed by atoms with Crippen LogP contribution in [0.1, 0.15) is 356 Å². The SMILES string of the molecule is CCCCCCCCCCCCCCCCCCCCC(=O)O[C@H](COC(=O)CCCCCCCCCCCC(C)C)COP(=O)(O)OC[C@@H](O)COP(=O)(O)OC[C@@H](COC(=O)CCCCCCCCC(C)C)OC(=O)CCCCCCCCCCCC. The predicted octanol–water partition coefficient (Wildman–Crippen LogP) is 20.0. The number of phosphoric ester groups is 2. The first-order valence-corrected chi connectivity index (χ1v) is 39.5. The normalized spacial score (nSPS) is 14.1. The van der Waals surface area contributed by atoms with Crippen molar-refractivity contribution in [1.82, 2.24) is 0 Å². The minimum absolute atomic E-state index is 0.105. The molecule has 0 saturated carbocycles. The second kappa shape index (κ2) is 62.2. The summed E-state index contributed by atoms with van der Waals surface area (Å²) < 4.78 is 68.2. The maximum atomic E-state index is 13.0. The third-order valence-corrected chi connectivity index (χ3v) is 18.1. The highest BCUT2D eigenvalue weighted by atomic mass is 31.2. The lowest BCUT2D eigenvalue weighted by Crippen LogP contribution is -2.30. The number of phosphoric acid groups is 2. The van der Waals surface area contributed by atoms with Crippen molar-refractivity contribution >= 4 is 39.5 Å². The lowest BCUT2D eigenvalue weighted by Gasteiger charge is -2.21. The molecule has 0 aromatic heterocycles. The van der Waals surface area contributed by atoms with E-state index in [0.29, 0.717) is 31.6 Å². The van der Waals surface area contributed by atoms with E-state index in [9.17, 15) is 43.2 Å². The summed E-state index contributed by atoms with van der Waals surface area (Å²) in [5.74, 6) is -0.703. The van der Waals surface area contributed by atoms with Crippen LogP contribution in [0.3, 0.4) is 0 Å². The molecule has 0 aromatic carbocycles. The van der Waals surface area contributed by atoms with Crippen molar-refractivity contribution in [3.8, 4) is 0 Å². The monoisotopic (exact) mass is 1310 g/mol. The molecule has 0 spiro atoms. The summed E-state index contributed by atoms with van der Waals surface area (Å²) in [4.78, 5) is 72.4. The molecule has 0 aliphatic heterocycles.